The maximum atomic E-state index is 12.8. The van der Waals surface area contributed by atoms with E-state index < -0.39 is 0 Å². The van der Waals surface area contributed by atoms with Gasteiger partial charge >= 0.3 is 0 Å². The second-order valence-electron chi connectivity index (χ2n) is 6.86. The molecule has 0 unspecified atom stereocenters. The Kier molecular flexibility index (Phi) is 4.58. The molecule has 3 aromatic rings. The molecule has 27 heavy (non-hydrogen) atoms. The summed E-state index contributed by atoms with van der Waals surface area (Å²) in [5, 5.41) is 12.5. The van der Waals surface area contributed by atoms with Gasteiger partial charge in [-0.2, -0.15) is 4.80 Å². The van der Waals surface area contributed by atoms with E-state index in [1.807, 2.05) is 66.4 Å². The molecule has 0 N–H and O–H groups in total. The van der Waals surface area contributed by atoms with Gasteiger partial charge in [0.1, 0.15) is 6.54 Å². The van der Waals surface area contributed by atoms with E-state index in [-0.39, 0.29) is 12.5 Å². The Morgan fingerprint density at radius 2 is 1.89 bits per heavy atom. The summed E-state index contributed by atoms with van der Waals surface area (Å²) >= 11 is 0. The van der Waals surface area contributed by atoms with Gasteiger partial charge in [-0.05, 0) is 54.0 Å². The Morgan fingerprint density at radius 1 is 1.11 bits per heavy atom. The van der Waals surface area contributed by atoms with Gasteiger partial charge < -0.3 is 9.80 Å². The summed E-state index contributed by atoms with van der Waals surface area (Å²) in [4.78, 5) is 18.0. The third kappa shape index (κ3) is 3.53. The van der Waals surface area contributed by atoms with Crippen molar-refractivity contribution in [2.45, 2.75) is 19.4 Å². The van der Waals surface area contributed by atoms with E-state index in [4.69, 9.17) is 0 Å². The standard InChI is InChI=1S/C20H22N6O/c1-24(2)17-11-9-16(10-12-17)20-21-23-26(22-20)14-19(27)25-13-5-7-15-6-3-4-8-18(15)25/h3-4,6,8-12H,5,7,13-14H2,1-2H3. The molecular weight excluding hydrogens is 340 g/mol. The van der Waals surface area contributed by atoms with Crippen molar-refractivity contribution in [1.29, 1.82) is 0 Å². The molecule has 0 fully saturated rings. The van der Waals surface area contributed by atoms with Gasteiger partial charge in [-0.1, -0.05) is 18.2 Å². The summed E-state index contributed by atoms with van der Waals surface area (Å²) in [6, 6.07) is 16.0. The predicted octanol–water partition coefficient (Wildman–Crippen LogP) is 2.39. The molecule has 0 saturated carbocycles. The molecule has 7 heteroatoms. The van der Waals surface area contributed by atoms with Crippen LogP contribution >= 0.6 is 0 Å². The minimum Gasteiger partial charge on any atom is -0.378 e. The van der Waals surface area contributed by atoms with Crippen LogP contribution in [0.5, 0.6) is 0 Å². The van der Waals surface area contributed by atoms with Crippen LogP contribution < -0.4 is 9.80 Å². The third-order valence-electron chi connectivity index (χ3n) is 4.78. The van der Waals surface area contributed by atoms with E-state index in [1.54, 1.807) is 0 Å². The van der Waals surface area contributed by atoms with E-state index in [9.17, 15) is 4.79 Å². The predicted molar refractivity (Wildman–Crippen MR) is 105 cm³/mol. The van der Waals surface area contributed by atoms with E-state index in [0.717, 1.165) is 36.3 Å². The number of benzene rings is 2. The summed E-state index contributed by atoms with van der Waals surface area (Å²) in [6.07, 6.45) is 1.98. The Labute approximate surface area is 158 Å². The molecule has 0 saturated heterocycles. The first-order chi connectivity index (χ1) is 13.1. The number of para-hydroxylation sites is 1. The maximum Gasteiger partial charge on any atom is 0.250 e. The van der Waals surface area contributed by atoms with Gasteiger partial charge in [-0.25, -0.2) is 0 Å². The molecule has 0 aliphatic carbocycles. The summed E-state index contributed by atoms with van der Waals surface area (Å²) in [5.74, 6) is 0.501. The number of hydrogen-bond donors (Lipinski definition) is 0. The van der Waals surface area contributed by atoms with E-state index in [1.165, 1.54) is 10.4 Å². The van der Waals surface area contributed by atoms with Gasteiger partial charge in [0.15, 0.2) is 0 Å². The number of nitrogens with zero attached hydrogens (tertiary/aromatic N) is 6. The molecule has 1 amide bonds. The Bertz CT molecular complexity index is 947. The SMILES string of the molecule is CN(C)c1ccc(-c2nnn(CC(=O)N3CCCc4ccccc43)n2)cc1. The minimum atomic E-state index is -0.0194. The number of hydrogen-bond acceptors (Lipinski definition) is 5. The van der Waals surface area contributed by atoms with Gasteiger partial charge in [0.25, 0.3) is 5.91 Å². The van der Waals surface area contributed by atoms with Crippen molar-refractivity contribution >= 4 is 17.3 Å². The lowest BCUT2D eigenvalue weighted by Gasteiger charge is -2.29. The summed E-state index contributed by atoms with van der Waals surface area (Å²) in [6.45, 7) is 0.806. The van der Waals surface area contributed by atoms with Crippen molar-refractivity contribution in [3.05, 3.63) is 54.1 Å². The van der Waals surface area contributed by atoms with Crippen LogP contribution in [0.15, 0.2) is 48.5 Å². The molecule has 0 spiro atoms. The van der Waals surface area contributed by atoms with Crippen LogP contribution in [-0.2, 0) is 17.8 Å². The minimum absolute atomic E-state index is 0.0194. The molecule has 4 rings (SSSR count). The first kappa shape index (κ1) is 17.2. The number of aryl methyl sites for hydroxylation is 1. The van der Waals surface area contributed by atoms with Gasteiger partial charge in [-0.3, -0.25) is 4.79 Å². The first-order valence-corrected chi connectivity index (χ1v) is 9.05. The first-order valence-electron chi connectivity index (χ1n) is 9.05. The molecule has 2 heterocycles. The van der Waals surface area contributed by atoms with Crippen LogP contribution in [0, 0.1) is 0 Å². The fourth-order valence-corrected chi connectivity index (χ4v) is 3.33. The van der Waals surface area contributed by atoms with Gasteiger partial charge in [0.2, 0.25) is 5.82 Å². The molecule has 1 aliphatic heterocycles. The van der Waals surface area contributed by atoms with E-state index >= 15 is 0 Å². The number of carbonyl (C=O) groups is 1. The zero-order chi connectivity index (χ0) is 18.8. The highest BCUT2D eigenvalue weighted by atomic mass is 16.2. The molecule has 1 aliphatic rings. The highest BCUT2D eigenvalue weighted by Crippen LogP contribution is 2.27. The number of aromatic nitrogens is 4. The van der Waals surface area contributed by atoms with Crippen LogP contribution in [0.1, 0.15) is 12.0 Å². The van der Waals surface area contributed by atoms with Crippen molar-refractivity contribution in [1.82, 2.24) is 20.2 Å². The lowest BCUT2D eigenvalue weighted by atomic mass is 10.0. The molecule has 0 atom stereocenters. The number of rotatable bonds is 4. The van der Waals surface area contributed by atoms with Gasteiger partial charge in [0.05, 0.1) is 0 Å². The number of fused-ring (bicyclic) bond motifs is 1. The van der Waals surface area contributed by atoms with Crippen LogP contribution in [0.25, 0.3) is 11.4 Å². The van der Waals surface area contributed by atoms with E-state index in [2.05, 4.69) is 21.5 Å². The average Bonchev–Trinajstić information content (AvgIpc) is 3.16. The summed E-state index contributed by atoms with van der Waals surface area (Å²) < 4.78 is 0. The van der Waals surface area contributed by atoms with Gasteiger partial charge in [-0.15, -0.1) is 10.2 Å². The molecule has 0 radical (unpaired) electrons. The molecule has 138 valence electrons. The average molecular weight is 362 g/mol. The summed E-state index contributed by atoms with van der Waals surface area (Å²) in [5.41, 5.74) is 4.19. The van der Waals surface area contributed by atoms with Crippen molar-refractivity contribution in [3.8, 4) is 11.4 Å². The van der Waals surface area contributed by atoms with Crippen LogP contribution in [0.4, 0.5) is 11.4 Å². The maximum absolute atomic E-state index is 12.8. The molecule has 1 aromatic heterocycles. The van der Waals surface area contributed by atoms with Crippen LogP contribution in [0.3, 0.4) is 0 Å². The quantitative estimate of drug-likeness (QED) is 0.713. The van der Waals surface area contributed by atoms with Gasteiger partial charge in [0, 0.05) is 37.6 Å². The van der Waals surface area contributed by atoms with Crippen molar-refractivity contribution in [2.75, 3.05) is 30.4 Å². The number of amides is 1. The lowest BCUT2D eigenvalue weighted by Crippen LogP contribution is -2.38. The van der Waals surface area contributed by atoms with Crippen LogP contribution in [-0.4, -0.2) is 46.8 Å². The zero-order valence-electron chi connectivity index (χ0n) is 15.5. The highest BCUT2D eigenvalue weighted by molar-refractivity contribution is 5.94. The van der Waals surface area contributed by atoms with Crippen LogP contribution in [0.2, 0.25) is 0 Å². The highest BCUT2D eigenvalue weighted by Gasteiger charge is 2.23. The number of anilines is 2. The second-order valence-corrected chi connectivity index (χ2v) is 6.86. The molecule has 0 bridgehead atoms. The fourth-order valence-electron chi connectivity index (χ4n) is 3.33. The lowest BCUT2D eigenvalue weighted by molar-refractivity contribution is -0.119. The Morgan fingerprint density at radius 3 is 2.67 bits per heavy atom. The Hall–Kier alpha value is -3.22. The van der Waals surface area contributed by atoms with Crippen molar-refractivity contribution in [2.24, 2.45) is 0 Å². The monoisotopic (exact) mass is 362 g/mol. The van der Waals surface area contributed by atoms with E-state index in [0.29, 0.717) is 5.82 Å². The van der Waals surface area contributed by atoms with Crippen molar-refractivity contribution in [3.63, 3.8) is 0 Å². The fraction of sp³-hybridized carbons (Fsp3) is 0.300. The topological polar surface area (TPSA) is 67.2 Å². The largest absolute Gasteiger partial charge is 0.378 e. The second kappa shape index (κ2) is 7.19. The van der Waals surface area contributed by atoms with Crippen molar-refractivity contribution < 1.29 is 4.79 Å². The smallest absolute Gasteiger partial charge is 0.250 e. The number of carbonyl (C=O) groups excluding carboxylic acids is 1. The normalized spacial score (nSPS) is 13.3. The zero-order valence-corrected chi connectivity index (χ0v) is 15.5. The third-order valence-corrected chi connectivity index (χ3v) is 4.78. The Balaban J connectivity index is 1.49. The molecule has 2 aromatic carbocycles. The molecule has 7 nitrogen and oxygen atoms in total. The molecular formula is C20H22N6O. The number of tetrazole rings is 1. The summed E-state index contributed by atoms with van der Waals surface area (Å²) in [7, 11) is 3.99.